The van der Waals surface area contributed by atoms with E-state index < -0.39 is 10.2 Å². The molecule has 3 rings (SSSR count). The van der Waals surface area contributed by atoms with Crippen LogP contribution < -0.4 is 5.32 Å². The molecular formula is C12H23N3O2S. The highest BCUT2D eigenvalue weighted by Crippen LogP contribution is 2.28. The molecule has 3 fully saturated rings. The minimum atomic E-state index is -3.19. The monoisotopic (exact) mass is 273 g/mol. The first-order valence-corrected chi connectivity index (χ1v) is 8.56. The maximum atomic E-state index is 12.6. The molecule has 0 amide bonds. The molecule has 3 aliphatic rings. The number of hydrogen-bond donors (Lipinski definition) is 1. The Morgan fingerprint density at radius 1 is 0.944 bits per heavy atom. The van der Waals surface area contributed by atoms with Crippen molar-refractivity contribution >= 4 is 10.2 Å². The highest BCUT2D eigenvalue weighted by atomic mass is 32.2. The minimum Gasteiger partial charge on any atom is -0.312 e. The van der Waals surface area contributed by atoms with Crippen molar-refractivity contribution in [2.24, 2.45) is 5.92 Å². The molecule has 5 nitrogen and oxygen atoms in total. The molecule has 1 N–H and O–H groups in total. The van der Waals surface area contributed by atoms with Crippen LogP contribution in [0.1, 0.15) is 32.1 Å². The van der Waals surface area contributed by atoms with Gasteiger partial charge >= 0.3 is 0 Å². The van der Waals surface area contributed by atoms with Gasteiger partial charge in [0.1, 0.15) is 0 Å². The second-order valence-corrected chi connectivity index (χ2v) is 7.68. The molecule has 3 aliphatic heterocycles. The molecule has 0 saturated carbocycles. The van der Waals surface area contributed by atoms with Crippen LogP contribution in [0.3, 0.4) is 0 Å². The van der Waals surface area contributed by atoms with Gasteiger partial charge in [0.2, 0.25) is 0 Å². The van der Waals surface area contributed by atoms with Gasteiger partial charge < -0.3 is 5.32 Å². The van der Waals surface area contributed by atoms with Crippen LogP contribution in [0.25, 0.3) is 0 Å². The quantitative estimate of drug-likeness (QED) is 0.792. The smallest absolute Gasteiger partial charge is 0.282 e. The van der Waals surface area contributed by atoms with E-state index in [0.29, 0.717) is 31.6 Å². The van der Waals surface area contributed by atoms with E-state index in [1.807, 2.05) is 0 Å². The highest BCUT2D eigenvalue weighted by molar-refractivity contribution is 7.86. The lowest BCUT2D eigenvalue weighted by Crippen LogP contribution is -2.46. The summed E-state index contributed by atoms with van der Waals surface area (Å²) in [6, 6.07) is 0.387. The van der Waals surface area contributed by atoms with Gasteiger partial charge in [0.25, 0.3) is 10.2 Å². The number of nitrogens with zero attached hydrogens (tertiary/aromatic N) is 2. The molecule has 18 heavy (non-hydrogen) atoms. The molecule has 0 aromatic heterocycles. The standard InChI is InChI=1S/C12H23N3O2S/c16-18(17,14-7-2-1-3-8-14)15-9-11-5-4-6-13-12(11)10-15/h11-13H,1-10H2/t11-,12+/m0/s1. The van der Waals surface area contributed by atoms with Crippen LogP contribution in [0, 0.1) is 5.92 Å². The van der Waals surface area contributed by atoms with E-state index in [1.54, 1.807) is 8.61 Å². The fourth-order valence-corrected chi connectivity index (χ4v) is 5.23. The Labute approximate surface area is 110 Å². The van der Waals surface area contributed by atoms with Crippen molar-refractivity contribution < 1.29 is 8.42 Å². The molecule has 0 aliphatic carbocycles. The van der Waals surface area contributed by atoms with E-state index in [-0.39, 0.29) is 0 Å². The van der Waals surface area contributed by atoms with Crippen LogP contribution in [0.15, 0.2) is 0 Å². The van der Waals surface area contributed by atoms with E-state index in [0.717, 1.165) is 25.9 Å². The first kappa shape index (κ1) is 12.8. The lowest BCUT2D eigenvalue weighted by Gasteiger charge is -2.30. The Morgan fingerprint density at radius 2 is 1.72 bits per heavy atom. The van der Waals surface area contributed by atoms with E-state index in [1.165, 1.54) is 19.3 Å². The Bertz CT molecular complexity index is 378. The molecule has 0 spiro atoms. The second kappa shape index (κ2) is 5.07. The van der Waals surface area contributed by atoms with Crippen molar-refractivity contribution in [3.05, 3.63) is 0 Å². The van der Waals surface area contributed by atoms with Crippen LogP contribution in [0.2, 0.25) is 0 Å². The summed E-state index contributed by atoms with van der Waals surface area (Å²) in [4.78, 5) is 0. The first-order chi connectivity index (χ1) is 8.68. The molecule has 3 heterocycles. The van der Waals surface area contributed by atoms with E-state index >= 15 is 0 Å². The van der Waals surface area contributed by atoms with Crippen molar-refractivity contribution in [1.29, 1.82) is 0 Å². The molecule has 6 heteroatoms. The summed E-state index contributed by atoms with van der Waals surface area (Å²) in [7, 11) is -3.19. The van der Waals surface area contributed by atoms with Gasteiger partial charge in [-0.25, -0.2) is 0 Å². The highest BCUT2D eigenvalue weighted by Gasteiger charge is 2.41. The Kier molecular flexibility index (Phi) is 3.62. The third kappa shape index (κ3) is 2.31. The van der Waals surface area contributed by atoms with Crippen molar-refractivity contribution in [2.45, 2.75) is 38.1 Å². The van der Waals surface area contributed by atoms with Crippen molar-refractivity contribution in [3.8, 4) is 0 Å². The number of hydrogen-bond acceptors (Lipinski definition) is 3. The summed E-state index contributed by atoms with van der Waals surface area (Å²) in [5, 5.41) is 3.46. The van der Waals surface area contributed by atoms with Crippen LogP contribution in [-0.2, 0) is 10.2 Å². The Balaban J connectivity index is 1.70. The predicted octanol–water partition coefficient (Wildman–Crippen LogP) is 0.401. The zero-order valence-corrected chi connectivity index (χ0v) is 11.7. The lowest BCUT2D eigenvalue weighted by molar-refractivity contribution is 0.313. The molecule has 0 aromatic rings. The fourth-order valence-electron chi connectivity index (χ4n) is 3.45. The summed E-state index contributed by atoms with van der Waals surface area (Å²) in [6.45, 7) is 3.85. The van der Waals surface area contributed by atoms with Gasteiger partial charge in [0, 0.05) is 32.2 Å². The minimum absolute atomic E-state index is 0.387. The molecular weight excluding hydrogens is 250 g/mol. The van der Waals surface area contributed by atoms with Gasteiger partial charge in [-0.3, -0.25) is 0 Å². The van der Waals surface area contributed by atoms with E-state index in [2.05, 4.69) is 5.32 Å². The predicted molar refractivity (Wildman–Crippen MR) is 70.4 cm³/mol. The average Bonchev–Trinajstić information content (AvgIpc) is 2.84. The number of piperidine rings is 2. The SMILES string of the molecule is O=S(=O)(N1CCCCC1)N1C[C@@H]2CCCN[C@@H]2C1. The van der Waals surface area contributed by atoms with Gasteiger partial charge in [-0.05, 0) is 38.1 Å². The largest absolute Gasteiger partial charge is 0.312 e. The normalized spacial score (nSPS) is 35.6. The van der Waals surface area contributed by atoms with Gasteiger partial charge in [0.15, 0.2) is 0 Å². The second-order valence-electron chi connectivity index (χ2n) is 5.75. The summed E-state index contributed by atoms with van der Waals surface area (Å²) in [6.07, 6.45) is 5.54. The molecule has 0 bridgehead atoms. The number of fused-ring (bicyclic) bond motifs is 1. The summed E-state index contributed by atoms with van der Waals surface area (Å²) in [5.74, 6) is 0.526. The zero-order valence-electron chi connectivity index (χ0n) is 10.8. The third-order valence-electron chi connectivity index (χ3n) is 4.53. The van der Waals surface area contributed by atoms with Crippen molar-refractivity contribution in [2.75, 3.05) is 32.7 Å². The molecule has 0 radical (unpaired) electrons. The third-order valence-corrected chi connectivity index (χ3v) is 6.50. The summed E-state index contributed by atoms with van der Waals surface area (Å²) >= 11 is 0. The van der Waals surface area contributed by atoms with Gasteiger partial charge in [-0.2, -0.15) is 17.0 Å². The Hall–Kier alpha value is -0.170. The number of rotatable bonds is 2. The lowest BCUT2D eigenvalue weighted by atomic mass is 9.94. The fraction of sp³-hybridized carbons (Fsp3) is 1.00. The van der Waals surface area contributed by atoms with Crippen molar-refractivity contribution in [1.82, 2.24) is 13.9 Å². The molecule has 3 saturated heterocycles. The van der Waals surface area contributed by atoms with Gasteiger partial charge in [-0.1, -0.05) is 6.42 Å². The van der Waals surface area contributed by atoms with Gasteiger partial charge in [-0.15, -0.1) is 0 Å². The van der Waals surface area contributed by atoms with E-state index in [9.17, 15) is 8.42 Å². The van der Waals surface area contributed by atoms with Crippen LogP contribution in [0.5, 0.6) is 0 Å². The Morgan fingerprint density at radius 3 is 2.44 bits per heavy atom. The van der Waals surface area contributed by atoms with Crippen LogP contribution >= 0.6 is 0 Å². The molecule has 0 unspecified atom stereocenters. The summed E-state index contributed by atoms with van der Waals surface area (Å²) < 4.78 is 28.5. The molecule has 2 atom stereocenters. The summed E-state index contributed by atoms with van der Waals surface area (Å²) in [5.41, 5.74) is 0. The first-order valence-electron chi connectivity index (χ1n) is 7.16. The maximum absolute atomic E-state index is 12.6. The van der Waals surface area contributed by atoms with Crippen LogP contribution in [-0.4, -0.2) is 55.8 Å². The van der Waals surface area contributed by atoms with Gasteiger partial charge in [0.05, 0.1) is 0 Å². The average molecular weight is 273 g/mol. The topological polar surface area (TPSA) is 52.7 Å². The van der Waals surface area contributed by atoms with E-state index in [4.69, 9.17) is 0 Å². The van der Waals surface area contributed by atoms with Crippen LogP contribution in [0.4, 0.5) is 0 Å². The number of nitrogens with one attached hydrogen (secondary N) is 1. The molecule has 0 aromatic carbocycles. The zero-order chi connectivity index (χ0) is 12.6. The molecule has 104 valence electrons. The maximum Gasteiger partial charge on any atom is 0.282 e. The van der Waals surface area contributed by atoms with Crippen molar-refractivity contribution in [3.63, 3.8) is 0 Å².